The van der Waals surface area contributed by atoms with Gasteiger partial charge in [-0.2, -0.15) is 0 Å². The van der Waals surface area contributed by atoms with Gasteiger partial charge in [-0.15, -0.1) is 0 Å². The zero-order valence-electron chi connectivity index (χ0n) is 15.6. The fourth-order valence-electron chi connectivity index (χ4n) is 2.98. The molecule has 29 heavy (non-hydrogen) atoms. The van der Waals surface area contributed by atoms with Crippen molar-refractivity contribution in [3.63, 3.8) is 0 Å². The molecule has 1 saturated heterocycles. The molecule has 152 valence electrons. The molecule has 1 aliphatic rings. The predicted octanol–water partition coefficient (Wildman–Crippen LogP) is 3.21. The van der Waals surface area contributed by atoms with E-state index in [-0.39, 0.29) is 29.5 Å². The Bertz CT molecular complexity index is 934. The van der Waals surface area contributed by atoms with Crippen LogP contribution in [0.25, 0.3) is 0 Å². The molecule has 7 nitrogen and oxygen atoms in total. The van der Waals surface area contributed by atoms with Crippen LogP contribution in [0.3, 0.4) is 0 Å². The van der Waals surface area contributed by atoms with Crippen LogP contribution >= 0.6 is 23.2 Å². The Morgan fingerprint density at radius 2 is 1.86 bits per heavy atom. The van der Waals surface area contributed by atoms with Gasteiger partial charge in [0.1, 0.15) is 5.75 Å². The maximum absolute atomic E-state index is 12.4. The van der Waals surface area contributed by atoms with Crippen molar-refractivity contribution in [2.75, 3.05) is 18.1 Å². The number of anilines is 1. The summed E-state index contributed by atoms with van der Waals surface area (Å²) in [7, 11) is 0. The molecule has 2 N–H and O–H groups in total. The smallest absolute Gasteiger partial charge is 0.271 e. The second kappa shape index (κ2) is 9.15. The number of hydrogen-bond acceptors (Lipinski definition) is 4. The van der Waals surface area contributed by atoms with E-state index in [1.165, 1.54) is 23.1 Å². The van der Waals surface area contributed by atoms with Crippen molar-refractivity contribution >= 4 is 46.6 Å². The average molecular weight is 436 g/mol. The molecule has 0 unspecified atom stereocenters. The minimum atomic E-state index is -0.588. The summed E-state index contributed by atoms with van der Waals surface area (Å²) in [5.74, 6) is -1.07. The van der Waals surface area contributed by atoms with E-state index in [9.17, 15) is 14.4 Å². The van der Waals surface area contributed by atoms with Crippen molar-refractivity contribution in [2.45, 2.75) is 13.3 Å². The van der Waals surface area contributed by atoms with Gasteiger partial charge < -0.3 is 9.64 Å². The first-order valence-electron chi connectivity index (χ1n) is 8.97. The van der Waals surface area contributed by atoms with Crippen LogP contribution < -0.4 is 20.5 Å². The lowest BCUT2D eigenvalue weighted by Gasteiger charge is -2.17. The van der Waals surface area contributed by atoms with Gasteiger partial charge in [-0.3, -0.25) is 25.2 Å². The van der Waals surface area contributed by atoms with Crippen LogP contribution in [0.15, 0.2) is 42.5 Å². The highest BCUT2D eigenvalue weighted by molar-refractivity contribution is 6.36. The summed E-state index contributed by atoms with van der Waals surface area (Å²) < 4.78 is 5.39. The third-order valence-corrected chi connectivity index (χ3v) is 4.98. The van der Waals surface area contributed by atoms with Crippen LogP contribution in [-0.2, 0) is 9.59 Å². The molecular formula is C20H19Cl2N3O4. The van der Waals surface area contributed by atoms with Gasteiger partial charge in [0.25, 0.3) is 5.91 Å². The molecule has 0 radical (unpaired) electrons. The van der Waals surface area contributed by atoms with Crippen LogP contribution in [0.4, 0.5) is 5.69 Å². The van der Waals surface area contributed by atoms with E-state index in [0.29, 0.717) is 23.1 Å². The summed E-state index contributed by atoms with van der Waals surface area (Å²) in [6, 6.07) is 11.5. The number of carbonyl (C=O) groups is 3. The van der Waals surface area contributed by atoms with Gasteiger partial charge in [0.05, 0.1) is 23.1 Å². The van der Waals surface area contributed by atoms with Crippen LogP contribution in [0.2, 0.25) is 10.0 Å². The van der Waals surface area contributed by atoms with E-state index in [1.807, 2.05) is 6.92 Å². The predicted molar refractivity (Wildman–Crippen MR) is 110 cm³/mol. The lowest BCUT2D eigenvalue weighted by molar-refractivity contribution is -0.126. The second-order valence-electron chi connectivity index (χ2n) is 6.40. The summed E-state index contributed by atoms with van der Waals surface area (Å²) in [6.45, 7) is 2.66. The van der Waals surface area contributed by atoms with Crippen molar-refractivity contribution in [2.24, 2.45) is 5.92 Å². The molecule has 1 fully saturated rings. The van der Waals surface area contributed by atoms with Gasteiger partial charge in [-0.05, 0) is 49.4 Å². The highest BCUT2D eigenvalue weighted by Crippen LogP contribution is 2.27. The summed E-state index contributed by atoms with van der Waals surface area (Å²) in [6.07, 6.45) is 0.0522. The number of hydrazine groups is 1. The van der Waals surface area contributed by atoms with Crippen LogP contribution in [0.5, 0.6) is 5.75 Å². The number of nitrogens with one attached hydrogen (secondary N) is 2. The fraction of sp³-hybridized carbons (Fsp3) is 0.250. The minimum Gasteiger partial charge on any atom is -0.494 e. The molecule has 1 heterocycles. The van der Waals surface area contributed by atoms with E-state index in [1.54, 1.807) is 24.3 Å². The lowest BCUT2D eigenvalue weighted by atomic mass is 10.1. The van der Waals surface area contributed by atoms with Gasteiger partial charge in [0, 0.05) is 23.7 Å². The largest absolute Gasteiger partial charge is 0.494 e. The van der Waals surface area contributed by atoms with E-state index in [2.05, 4.69) is 10.9 Å². The van der Waals surface area contributed by atoms with Crippen molar-refractivity contribution in [1.82, 2.24) is 10.9 Å². The molecule has 2 aromatic carbocycles. The Labute approximate surface area is 177 Å². The number of ether oxygens (including phenoxy) is 1. The normalized spacial score (nSPS) is 15.9. The Kier molecular flexibility index (Phi) is 6.61. The number of nitrogens with zero attached hydrogens (tertiary/aromatic N) is 1. The number of amides is 3. The standard InChI is InChI=1S/C20H19Cl2N3O4/c1-2-29-15-6-4-14(5-7-15)25-11-12(9-18(25)26)19(27)23-24-20(28)16-8-3-13(21)10-17(16)22/h3-8,10,12H,2,9,11H2,1H3,(H,23,27)(H,24,28)/t12-/m0/s1. The van der Waals surface area contributed by atoms with E-state index in [4.69, 9.17) is 27.9 Å². The molecule has 1 aliphatic heterocycles. The molecule has 9 heteroatoms. The van der Waals surface area contributed by atoms with Crippen molar-refractivity contribution in [3.05, 3.63) is 58.1 Å². The van der Waals surface area contributed by atoms with Gasteiger partial charge in [-0.1, -0.05) is 23.2 Å². The Morgan fingerprint density at radius 3 is 2.52 bits per heavy atom. The van der Waals surface area contributed by atoms with E-state index < -0.39 is 17.7 Å². The van der Waals surface area contributed by atoms with E-state index in [0.717, 1.165) is 0 Å². The summed E-state index contributed by atoms with van der Waals surface area (Å²) in [5, 5.41) is 0.566. The van der Waals surface area contributed by atoms with Gasteiger partial charge >= 0.3 is 0 Å². The maximum atomic E-state index is 12.4. The lowest BCUT2D eigenvalue weighted by Crippen LogP contribution is -2.45. The highest BCUT2D eigenvalue weighted by atomic mass is 35.5. The number of rotatable bonds is 5. The first-order valence-corrected chi connectivity index (χ1v) is 9.73. The summed E-state index contributed by atoms with van der Waals surface area (Å²) >= 11 is 11.8. The summed E-state index contributed by atoms with van der Waals surface area (Å²) in [4.78, 5) is 38.5. The Balaban J connectivity index is 1.58. The number of carbonyl (C=O) groups excluding carboxylic acids is 3. The Hall–Kier alpha value is -2.77. The molecular weight excluding hydrogens is 417 g/mol. The van der Waals surface area contributed by atoms with E-state index >= 15 is 0 Å². The first kappa shape index (κ1) is 21.0. The highest BCUT2D eigenvalue weighted by Gasteiger charge is 2.35. The zero-order chi connectivity index (χ0) is 21.0. The van der Waals surface area contributed by atoms with Crippen LogP contribution in [-0.4, -0.2) is 30.9 Å². The minimum absolute atomic E-state index is 0.0522. The molecule has 2 aromatic rings. The molecule has 0 aliphatic carbocycles. The number of halogens is 2. The third kappa shape index (κ3) is 4.99. The maximum Gasteiger partial charge on any atom is 0.271 e. The number of hydrogen-bond donors (Lipinski definition) is 2. The van der Waals surface area contributed by atoms with Crippen LogP contribution in [0, 0.1) is 5.92 Å². The number of benzene rings is 2. The molecule has 0 aromatic heterocycles. The topological polar surface area (TPSA) is 87.7 Å². The van der Waals surface area contributed by atoms with Crippen LogP contribution in [0.1, 0.15) is 23.7 Å². The molecule has 3 amide bonds. The zero-order valence-corrected chi connectivity index (χ0v) is 17.1. The Morgan fingerprint density at radius 1 is 1.14 bits per heavy atom. The van der Waals surface area contributed by atoms with Crippen molar-refractivity contribution in [3.8, 4) is 5.75 Å². The molecule has 0 bridgehead atoms. The van der Waals surface area contributed by atoms with Gasteiger partial charge in [0.2, 0.25) is 11.8 Å². The molecule has 0 saturated carbocycles. The quantitative estimate of drug-likeness (QED) is 0.705. The van der Waals surface area contributed by atoms with Gasteiger partial charge in [-0.25, -0.2) is 0 Å². The SMILES string of the molecule is CCOc1ccc(N2C[C@@H](C(=O)NNC(=O)c3ccc(Cl)cc3Cl)CC2=O)cc1. The van der Waals surface area contributed by atoms with Crippen molar-refractivity contribution < 1.29 is 19.1 Å². The second-order valence-corrected chi connectivity index (χ2v) is 7.24. The molecule has 1 atom stereocenters. The summed E-state index contributed by atoms with van der Waals surface area (Å²) in [5.41, 5.74) is 5.53. The molecule has 3 rings (SSSR count). The first-order chi connectivity index (χ1) is 13.9. The molecule has 0 spiro atoms. The third-order valence-electron chi connectivity index (χ3n) is 4.43. The average Bonchev–Trinajstić information content (AvgIpc) is 3.08. The monoisotopic (exact) mass is 435 g/mol. The van der Waals surface area contributed by atoms with Gasteiger partial charge in [0.15, 0.2) is 0 Å². The fourth-order valence-corrected chi connectivity index (χ4v) is 3.48. The van der Waals surface area contributed by atoms with Crippen molar-refractivity contribution in [1.29, 1.82) is 0 Å².